The van der Waals surface area contributed by atoms with Gasteiger partial charge in [0.2, 0.25) is 0 Å². The van der Waals surface area contributed by atoms with Gasteiger partial charge < -0.3 is 10.2 Å². The van der Waals surface area contributed by atoms with Crippen LogP contribution in [0.2, 0.25) is 0 Å². The second-order valence-corrected chi connectivity index (χ2v) is 12.4. The van der Waals surface area contributed by atoms with Gasteiger partial charge in [-0.15, -0.1) is 0 Å². The van der Waals surface area contributed by atoms with Crippen molar-refractivity contribution >= 4 is 0 Å². The highest BCUT2D eigenvalue weighted by Gasteiger charge is 2.60. The van der Waals surface area contributed by atoms with Gasteiger partial charge in [0.05, 0.1) is 11.9 Å². The van der Waals surface area contributed by atoms with Crippen molar-refractivity contribution in [1.29, 1.82) is 0 Å². The molecule has 0 spiro atoms. The van der Waals surface area contributed by atoms with Crippen LogP contribution < -0.4 is 0 Å². The molecule has 29 heavy (non-hydrogen) atoms. The second-order valence-electron chi connectivity index (χ2n) is 12.4. The largest absolute Gasteiger partial charge is 0.512 e. The Morgan fingerprint density at radius 3 is 2.41 bits per heavy atom. The Morgan fingerprint density at radius 1 is 0.931 bits per heavy atom. The molecule has 4 aliphatic rings. The summed E-state index contributed by atoms with van der Waals surface area (Å²) in [6.45, 7) is 12.3. The minimum Gasteiger partial charge on any atom is -0.512 e. The molecule has 166 valence electrons. The standard InChI is InChI=1S/C27H46O2/c1-17(2)7-6-8-18(3)21-9-10-22-20-16-25(29)24-15-19(28)11-13-27(24,5)23(20)12-14-26(21,22)4/h17-23,28-29H,6-16H2,1-5H3. The zero-order valence-corrected chi connectivity index (χ0v) is 19.7. The van der Waals surface area contributed by atoms with E-state index in [0.717, 1.165) is 42.9 Å². The van der Waals surface area contributed by atoms with Gasteiger partial charge in [0.15, 0.2) is 0 Å². The first-order valence-corrected chi connectivity index (χ1v) is 12.8. The van der Waals surface area contributed by atoms with Crippen molar-refractivity contribution < 1.29 is 10.2 Å². The summed E-state index contributed by atoms with van der Waals surface area (Å²) in [4.78, 5) is 0. The predicted octanol–water partition coefficient (Wildman–Crippen LogP) is 7.27. The number of aliphatic hydroxyl groups is 2. The van der Waals surface area contributed by atoms with Crippen molar-refractivity contribution in [3.63, 3.8) is 0 Å². The van der Waals surface area contributed by atoms with Crippen molar-refractivity contribution in [2.75, 3.05) is 0 Å². The summed E-state index contributed by atoms with van der Waals surface area (Å²) in [5, 5.41) is 21.3. The van der Waals surface area contributed by atoms with Crippen LogP contribution in [0.25, 0.3) is 0 Å². The van der Waals surface area contributed by atoms with Crippen LogP contribution in [0.3, 0.4) is 0 Å². The minimum absolute atomic E-state index is 0.133. The zero-order chi connectivity index (χ0) is 21.0. The van der Waals surface area contributed by atoms with Crippen LogP contribution in [0.5, 0.6) is 0 Å². The molecule has 8 unspecified atom stereocenters. The van der Waals surface area contributed by atoms with Crippen LogP contribution in [-0.4, -0.2) is 16.3 Å². The molecule has 8 atom stereocenters. The molecular formula is C27H46O2. The Hall–Kier alpha value is -0.500. The summed E-state index contributed by atoms with van der Waals surface area (Å²) < 4.78 is 0. The lowest BCUT2D eigenvalue weighted by molar-refractivity contribution is -0.0663. The Bertz CT molecular complexity index is 636. The SMILES string of the molecule is CC(C)CCCC(C)C1CCC2C3CC(O)=C4CC(O)CCC4(C)C3CCC12C. The van der Waals surface area contributed by atoms with Crippen LogP contribution in [0.4, 0.5) is 0 Å². The Kier molecular flexibility index (Phi) is 5.90. The summed E-state index contributed by atoms with van der Waals surface area (Å²) in [5.41, 5.74) is 1.83. The maximum Gasteiger partial charge on any atom is 0.0924 e. The van der Waals surface area contributed by atoms with Gasteiger partial charge in [-0.3, -0.25) is 0 Å². The lowest BCUT2D eigenvalue weighted by Gasteiger charge is -2.58. The summed E-state index contributed by atoms with van der Waals surface area (Å²) in [6, 6.07) is 0. The van der Waals surface area contributed by atoms with Gasteiger partial charge in [0, 0.05) is 6.42 Å². The quantitative estimate of drug-likeness (QED) is 0.507. The highest BCUT2D eigenvalue weighted by atomic mass is 16.3. The lowest BCUT2D eigenvalue weighted by Crippen LogP contribution is -2.51. The summed E-state index contributed by atoms with van der Waals surface area (Å²) >= 11 is 0. The third-order valence-electron chi connectivity index (χ3n) is 10.4. The van der Waals surface area contributed by atoms with E-state index in [1.807, 2.05) is 0 Å². The van der Waals surface area contributed by atoms with Crippen molar-refractivity contribution in [2.45, 2.75) is 111 Å². The number of hydrogen-bond donors (Lipinski definition) is 2. The van der Waals surface area contributed by atoms with E-state index in [4.69, 9.17) is 0 Å². The van der Waals surface area contributed by atoms with Crippen LogP contribution in [0.15, 0.2) is 11.3 Å². The summed E-state index contributed by atoms with van der Waals surface area (Å²) in [5.74, 6) is 5.35. The van der Waals surface area contributed by atoms with Gasteiger partial charge in [-0.1, -0.05) is 53.9 Å². The maximum atomic E-state index is 11.0. The van der Waals surface area contributed by atoms with Gasteiger partial charge in [0.1, 0.15) is 0 Å². The molecule has 3 saturated carbocycles. The Labute approximate surface area is 179 Å². The fourth-order valence-electron chi connectivity index (χ4n) is 8.78. The normalized spacial score (nSPS) is 45.7. The van der Waals surface area contributed by atoms with Crippen molar-refractivity contribution in [1.82, 2.24) is 0 Å². The molecule has 0 heterocycles. The zero-order valence-electron chi connectivity index (χ0n) is 19.7. The second kappa shape index (κ2) is 7.88. The van der Waals surface area contributed by atoms with E-state index in [1.54, 1.807) is 0 Å². The molecule has 0 radical (unpaired) electrons. The van der Waals surface area contributed by atoms with Gasteiger partial charge in [-0.2, -0.15) is 0 Å². The van der Waals surface area contributed by atoms with E-state index < -0.39 is 0 Å². The highest BCUT2D eigenvalue weighted by molar-refractivity contribution is 5.28. The molecule has 4 rings (SSSR count). The van der Waals surface area contributed by atoms with E-state index in [1.165, 1.54) is 50.5 Å². The molecule has 0 aliphatic heterocycles. The molecule has 0 aromatic rings. The average molecular weight is 403 g/mol. The Morgan fingerprint density at radius 2 is 1.69 bits per heavy atom. The number of aliphatic hydroxyl groups excluding tert-OH is 2. The smallest absolute Gasteiger partial charge is 0.0924 e. The number of rotatable bonds is 5. The fraction of sp³-hybridized carbons (Fsp3) is 0.926. The molecule has 0 aromatic heterocycles. The van der Waals surface area contributed by atoms with Crippen molar-refractivity contribution in [2.24, 2.45) is 46.3 Å². The molecule has 2 heteroatoms. The van der Waals surface area contributed by atoms with Gasteiger partial charge in [0.25, 0.3) is 0 Å². The van der Waals surface area contributed by atoms with Crippen LogP contribution in [0, 0.1) is 46.3 Å². The van der Waals surface area contributed by atoms with Gasteiger partial charge in [-0.05, 0) is 96.9 Å². The van der Waals surface area contributed by atoms with E-state index in [-0.39, 0.29) is 11.5 Å². The number of hydrogen-bond acceptors (Lipinski definition) is 2. The first kappa shape index (κ1) is 21.7. The van der Waals surface area contributed by atoms with Crippen LogP contribution in [0.1, 0.15) is 105 Å². The molecule has 0 saturated heterocycles. The van der Waals surface area contributed by atoms with Crippen LogP contribution in [-0.2, 0) is 0 Å². The lowest BCUT2D eigenvalue weighted by atomic mass is 9.46. The highest BCUT2D eigenvalue weighted by Crippen LogP contribution is 2.68. The van der Waals surface area contributed by atoms with E-state index >= 15 is 0 Å². The fourth-order valence-corrected chi connectivity index (χ4v) is 8.78. The first-order valence-electron chi connectivity index (χ1n) is 12.8. The summed E-state index contributed by atoms with van der Waals surface area (Å²) in [6.07, 6.45) is 13.0. The molecule has 0 amide bonds. The molecule has 4 aliphatic carbocycles. The minimum atomic E-state index is -0.242. The molecule has 2 nitrogen and oxygen atoms in total. The summed E-state index contributed by atoms with van der Waals surface area (Å²) in [7, 11) is 0. The van der Waals surface area contributed by atoms with Gasteiger partial charge >= 0.3 is 0 Å². The topological polar surface area (TPSA) is 40.5 Å². The first-order chi connectivity index (χ1) is 13.7. The molecule has 3 fully saturated rings. The Balaban J connectivity index is 1.53. The number of fused-ring (bicyclic) bond motifs is 5. The third kappa shape index (κ3) is 3.60. The molecule has 2 N–H and O–H groups in total. The predicted molar refractivity (Wildman–Crippen MR) is 121 cm³/mol. The monoisotopic (exact) mass is 402 g/mol. The molecule has 0 aromatic carbocycles. The van der Waals surface area contributed by atoms with E-state index in [9.17, 15) is 10.2 Å². The average Bonchev–Trinajstić information content (AvgIpc) is 3.00. The maximum absolute atomic E-state index is 11.0. The van der Waals surface area contributed by atoms with Crippen LogP contribution >= 0.6 is 0 Å². The third-order valence-corrected chi connectivity index (χ3v) is 10.4. The van der Waals surface area contributed by atoms with Crippen molar-refractivity contribution in [3.8, 4) is 0 Å². The number of allylic oxidation sites excluding steroid dienone is 1. The van der Waals surface area contributed by atoms with Crippen molar-refractivity contribution in [3.05, 3.63) is 11.3 Å². The molecule has 0 bridgehead atoms. The van der Waals surface area contributed by atoms with E-state index in [0.29, 0.717) is 29.4 Å². The molecular weight excluding hydrogens is 356 g/mol. The van der Waals surface area contributed by atoms with E-state index in [2.05, 4.69) is 34.6 Å². The van der Waals surface area contributed by atoms with Gasteiger partial charge in [-0.25, -0.2) is 0 Å².